The number of hydrogen-bond acceptors (Lipinski definition) is 7. The number of para-hydroxylation sites is 1. The number of ether oxygens (including phenoxy) is 1. The summed E-state index contributed by atoms with van der Waals surface area (Å²) in [5.74, 6) is 1.93. The maximum absolute atomic E-state index is 11.9. The third-order valence-electron chi connectivity index (χ3n) is 4.88. The fraction of sp³-hybridized carbons (Fsp3) is 0.0870. The zero-order valence-corrected chi connectivity index (χ0v) is 16.0. The Labute approximate surface area is 173 Å². The molecule has 1 unspecified atom stereocenters. The van der Waals surface area contributed by atoms with Crippen LogP contribution in [0.4, 0.5) is 11.4 Å². The van der Waals surface area contributed by atoms with Crippen molar-refractivity contribution in [2.24, 2.45) is 10.9 Å². The van der Waals surface area contributed by atoms with Crippen molar-refractivity contribution in [3.05, 3.63) is 100 Å². The molecule has 0 aliphatic carbocycles. The number of nitroso groups, excluding NO2 is 1. The minimum absolute atomic E-state index is 0.313. The Bertz CT molecular complexity index is 1100. The van der Waals surface area contributed by atoms with Crippen LogP contribution < -0.4 is 21.1 Å². The van der Waals surface area contributed by atoms with E-state index < -0.39 is 6.04 Å². The topological polar surface area (TPSA) is 106 Å². The summed E-state index contributed by atoms with van der Waals surface area (Å²) in [6.45, 7) is 0.505. The van der Waals surface area contributed by atoms with E-state index in [0.717, 1.165) is 28.8 Å². The zero-order chi connectivity index (χ0) is 20.9. The summed E-state index contributed by atoms with van der Waals surface area (Å²) in [6, 6.07) is 21.2. The van der Waals surface area contributed by atoms with Crippen LogP contribution in [0.2, 0.25) is 0 Å². The number of carbonyl (C=O) groups excluding carboxylic acids is 1. The molecule has 3 aromatic carbocycles. The molecule has 1 aliphatic rings. The number of nitrogens with two attached hydrogens (primary N) is 1. The van der Waals surface area contributed by atoms with Crippen LogP contribution in [0.25, 0.3) is 0 Å². The molecule has 0 saturated carbocycles. The molecule has 0 amide bonds. The number of hydrogen-bond donors (Lipinski definition) is 3. The van der Waals surface area contributed by atoms with Gasteiger partial charge in [-0.25, -0.2) is 0 Å². The molecule has 0 spiro atoms. The largest absolute Gasteiger partial charge is 0.457 e. The molecular formula is C23H20N4O3. The van der Waals surface area contributed by atoms with Crippen molar-refractivity contribution in [2.45, 2.75) is 12.6 Å². The number of rotatable bonds is 6. The molecule has 4 N–H and O–H groups in total. The monoisotopic (exact) mass is 400 g/mol. The third-order valence-corrected chi connectivity index (χ3v) is 4.88. The van der Waals surface area contributed by atoms with Gasteiger partial charge in [-0.15, -0.1) is 4.91 Å². The summed E-state index contributed by atoms with van der Waals surface area (Å²) < 4.78 is 5.80. The van der Waals surface area contributed by atoms with Gasteiger partial charge in [0.1, 0.15) is 23.0 Å². The van der Waals surface area contributed by atoms with E-state index >= 15 is 0 Å². The average Bonchev–Trinajstić information content (AvgIpc) is 2.80. The Morgan fingerprint density at radius 3 is 2.47 bits per heavy atom. The van der Waals surface area contributed by atoms with Crippen LogP contribution in [0.3, 0.4) is 0 Å². The van der Waals surface area contributed by atoms with Crippen LogP contribution in [0, 0.1) is 4.91 Å². The molecule has 7 nitrogen and oxygen atoms in total. The predicted octanol–water partition coefficient (Wildman–Crippen LogP) is 4.50. The highest BCUT2D eigenvalue weighted by atomic mass is 16.5. The summed E-state index contributed by atoms with van der Waals surface area (Å²) >= 11 is 0. The summed E-state index contributed by atoms with van der Waals surface area (Å²) in [5, 5.41) is 9.29. The van der Waals surface area contributed by atoms with E-state index in [1.54, 1.807) is 12.1 Å². The maximum Gasteiger partial charge on any atom is 0.151 e. The van der Waals surface area contributed by atoms with Crippen molar-refractivity contribution in [1.82, 2.24) is 5.32 Å². The van der Waals surface area contributed by atoms with Gasteiger partial charge < -0.3 is 21.1 Å². The second kappa shape index (κ2) is 8.59. The SMILES string of the molecule is NC(/C(C=O)=C1/NCc2ccc(N=O)cc2N1)c1ccc(Oc2ccccc2)cc1. The number of benzene rings is 3. The van der Waals surface area contributed by atoms with E-state index in [-0.39, 0.29) is 0 Å². The molecule has 1 atom stereocenters. The van der Waals surface area contributed by atoms with E-state index in [4.69, 9.17) is 10.5 Å². The van der Waals surface area contributed by atoms with Crippen LogP contribution in [-0.2, 0) is 11.3 Å². The van der Waals surface area contributed by atoms with E-state index in [0.29, 0.717) is 29.4 Å². The molecule has 3 aromatic rings. The van der Waals surface area contributed by atoms with Crippen LogP contribution >= 0.6 is 0 Å². The molecule has 1 aliphatic heterocycles. The first-order chi connectivity index (χ1) is 14.7. The second-order valence-electron chi connectivity index (χ2n) is 6.82. The van der Waals surface area contributed by atoms with Gasteiger partial charge in [0.25, 0.3) is 0 Å². The molecular weight excluding hydrogens is 380 g/mol. The Kier molecular flexibility index (Phi) is 5.54. The van der Waals surface area contributed by atoms with Gasteiger partial charge in [0.05, 0.1) is 11.6 Å². The highest BCUT2D eigenvalue weighted by Gasteiger charge is 2.21. The highest BCUT2D eigenvalue weighted by molar-refractivity contribution is 5.79. The highest BCUT2D eigenvalue weighted by Crippen LogP contribution is 2.30. The first kappa shape index (κ1) is 19.4. The lowest BCUT2D eigenvalue weighted by atomic mass is 9.99. The second-order valence-corrected chi connectivity index (χ2v) is 6.82. The van der Waals surface area contributed by atoms with Crippen molar-refractivity contribution in [3.8, 4) is 11.5 Å². The fourth-order valence-electron chi connectivity index (χ4n) is 3.26. The van der Waals surface area contributed by atoms with Crippen LogP contribution in [0.5, 0.6) is 11.5 Å². The summed E-state index contributed by atoms with van der Waals surface area (Å²) in [5.41, 5.74) is 9.52. The smallest absolute Gasteiger partial charge is 0.151 e. The molecule has 0 saturated heterocycles. The maximum atomic E-state index is 11.9. The summed E-state index contributed by atoms with van der Waals surface area (Å²) in [7, 11) is 0. The normalized spacial score (nSPS) is 15.1. The quantitative estimate of drug-likeness (QED) is 0.320. The van der Waals surface area contributed by atoms with Crippen molar-refractivity contribution in [1.29, 1.82) is 0 Å². The Morgan fingerprint density at radius 1 is 1.03 bits per heavy atom. The average molecular weight is 400 g/mol. The lowest BCUT2D eigenvalue weighted by Gasteiger charge is -2.26. The molecule has 7 heteroatoms. The molecule has 1 heterocycles. The van der Waals surface area contributed by atoms with Crippen LogP contribution in [0.1, 0.15) is 17.2 Å². The van der Waals surface area contributed by atoms with Crippen molar-refractivity contribution < 1.29 is 9.53 Å². The number of anilines is 1. The summed E-state index contributed by atoms with van der Waals surface area (Å²) in [4.78, 5) is 22.7. The van der Waals surface area contributed by atoms with E-state index in [9.17, 15) is 9.70 Å². The number of nitrogens with zero attached hydrogens (tertiary/aromatic N) is 1. The van der Waals surface area contributed by atoms with Crippen LogP contribution in [-0.4, -0.2) is 6.29 Å². The standard InChI is InChI=1S/C23H20N4O3/c24-22(15-7-10-19(11-8-15)30-18-4-2-1-3-5-18)20(14-28)23-25-13-16-6-9-17(27-29)12-21(16)26-23/h1-12,14,22,25-26H,13,24H2/b23-20-. The molecule has 150 valence electrons. The molecule has 30 heavy (non-hydrogen) atoms. The van der Waals surface area contributed by atoms with E-state index in [1.165, 1.54) is 0 Å². The Morgan fingerprint density at radius 2 is 1.77 bits per heavy atom. The number of fused-ring (bicyclic) bond motifs is 1. The predicted molar refractivity (Wildman–Crippen MR) is 115 cm³/mol. The Hall–Kier alpha value is -3.97. The van der Waals surface area contributed by atoms with Gasteiger partial charge in [-0.2, -0.15) is 0 Å². The third kappa shape index (κ3) is 4.06. The zero-order valence-electron chi connectivity index (χ0n) is 16.0. The van der Waals surface area contributed by atoms with Gasteiger partial charge in [-0.3, -0.25) is 4.79 Å². The van der Waals surface area contributed by atoms with Crippen LogP contribution in [0.15, 0.2) is 89.4 Å². The molecule has 0 radical (unpaired) electrons. The lowest BCUT2D eigenvalue weighted by molar-refractivity contribution is -0.105. The van der Waals surface area contributed by atoms with Gasteiger partial charge >= 0.3 is 0 Å². The molecule has 0 bridgehead atoms. The fourth-order valence-corrected chi connectivity index (χ4v) is 3.26. The van der Waals surface area contributed by atoms with Gasteiger partial charge in [-0.05, 0) is 52.7 Å². The number of carbonyl (C=O) groups is 1. The first-order valence-electron chi connectivity index (χ1n) is 9.43. The lowest BCUT2D eigenvalue weighted by Crippen LogP contribution is -2.30. The molecule has 0 aromatic heterocycles. The number of aldehydes is 1. The van der Waals surface area contributed by atoms with Gasteiger partial charge in [0.2, 0.25) is 0 Å². The number of nitrogens with one attached hydrogen (secondary N) is 2. The minimum atomic E-state index is -0.641. The van der Waals surface area contributed by atoms with Crippen molar-refractivity contribution in [2.75, 3.05) is 5.32 Å². The van der Waals surface area contributed by atoms with Gasteiger partial charge in [-0.1, -0.05) is 36.4 Å². The van der Waals surface area contributed by atoms with E-state index in [2.05, 4.69) is 15.8 Å². The first-order valence-corrected chi connectivity index (χ1v) is 9.43. The molecule has 4 rings (SSSR count). The Balaban J connectivity index is 1.55. The minimum Gasteiger partial charge on any atom is -0.457 e. The van der Waals surface area contributed by atoms with E-state index in [1.807, 2.05) is 60.7 Å². The van der Waals surface area contributed by atoms with Gasteiger partial charge in [0, 0.05) is 12.2 Å². The molecule has 0 fully saturated rings. The van der Waals surface area contributed by atoms with Crippen molar-refractivity contribution >= 4 is 17.7 Å². The summed E-state index contributed by atoms with van der Waals surface area (Å²) in [6.07, 6.45) is 0.737. The van der Waals surface area contributed by atoms with Crippen molar-refractivity contribution in [3.63, 3.8) is 0 Å². The van der Waals surface area contributed by atoms with Gasteiger partial charge in [0.15, 0.2) is 6.29 Å².